The van der Waals surface area contributed by atoms with Gasteiger partial charge in [-0.1, -0.05) is 133 Å². The van der Waals surface area contributed by atoms with Crippen LogP contribution in [0.15, 0.2) is 175 Å². The lowest BCUT2D eigenvalue weighted by Crippen LogP contribution is -1.94. The zero-order valence-electron chi connectivity index (χ0n) is 25.1. The highest BCUT2D eigenvalue weighted by Gasteiger charge is 2.17. The summed E-state index contributed by atoms with van der Waals surface area (Å²) in [5.74, 6) is 0. The zero-order chi connectivity index (χ0) is 30.6. The Morgan fingerprint density at radius 3 is 1.35 bits per heavy atom. The van der Waals surface area contributed by atoms with Crippen molar-refractivity contribution in [1.82, 2.24) is 4.57 Å². The molecule has 0 amide bonds. The molecule has 0 aliphatic heterocycles. The summed E-state index contributed by atoms with van der Waals surface area (Å²) in [7, 11) is 0. The zero-order valence-corrected chi connectivity index (χ0v) is 26.0. The number of benzene rings is 8. The van der Waals surface area contributed by atoms with Gasteiger partial charge in [-0.25, -0.2) is 0 Å². The molecule has 0 aliphatic rings. The largest absolute Gasteiger partial charge is 0.309 e. The molecule has 2 heteroatoms. The summed E-state index contributed by atoms with van der Waals surface area (Å²) < 4.78 is 2.36. The quantitative estimate of drug-likeness (QED) is 0.151. The number of thiol groups is 1. The third-order valence-electron chi connectivity index (χ3n) is 9.28. The van der Waals surface area contributed by atoms with Gasteiger partial charge >= 0.3 is 0 Å². The summed E-state index contributed by atoms with van der Waals surface area (Å²) in [6, 6.07) is 61.5. The molecule has 9 aromatic rings. The second-order valence-electron chi connectivity index (χ2n) is 11.9. The van der Waals surface area contributed by atoms with Gasteiger partial charge in [0, 0.05) is 21.4 Å². The van der Waals surface area contributed by atoms with Gasteiger partial charge in [0.25, 0.3) is 0 Å². The van der Waals surface area contributed by atoms with E-state index in [2.05, 4.69) is 187 Å². The molecule has 46 heavy (non-hydrogen) atoms. The second kappa shape index (κ2) is 10.8. The van der Waals surface area contributed by atoms with E-state index in [1.54, 1.807) is 0 Å². The Hall–Kier alpha value is -5.57. The first-order chi connectivity index (χ1) is 22.7. The molecule has 9 rings (SSSR count). The van der Waals surface area contributed by atoms with Crippen LogP contribution in [0.3, 0.4) is 0 Å². The van der Waals surface area contributed by atoms with Crippen molar-refractivity contribution in [3.8, 4) is 39.1 Å². The first kappa shape index (κ1) is 26.8. The van der Waals surface area contributed by atoms with E-state index < -0.39 is 0 Å². The van der Waals surface area contributed by atoms with Crippen LogP contribution in [0.5, 0.6) is 0 Å². The van der Waals surface area contributed by atoms with Crippen molar-refractivity contribution in [2.45, 2.75) is 4.90 Å². The van der Waals surface area contributed by atoms with Crippen LogP contribution < -0.4 is 0 Å². The molecule has 0 bridgehead atoms. The van der Waals surface area contributed by atoms with Crippen LogP contribution in [-0.2, 0) is 0 Å². The lowest BCUT2D eigenvalue weighted by atomic mass is 9.85. The summed E-state index contributed by atoms with van der Waals surface area (Å²) in [4.78, 5) is 0.972. The highest BCUT2D eigenvalue weighted by molar-refractivity contribution is 7.80. The summed E-state index contributed by atoms with van der Waals surface area (Å²) in [6.45, 7) is 0. The maximum atomic E-state index is 4.64. The van der Waals surface area contributed by atoms with Crippen molar-refractivity contribution in [1.29, 1.82) is 0 Å². The average Bonchev–Trinajstić information content (AvgIpc) is 3.44. The number of hydrogen-bond acceptors (Lipinski definition) is 1. The number of hydrogen-bond donors (Lipinski definition) is 1. The van der Waals surface area contributed by atoms with Gasteiger partial charge in [-0.2, -0.15) is 0 Å². The van der Waals surface area contributed by atoms with Crippen LogP contribution in [0.2, 0.25) is 0 Å². The van der Waals surface area contributed by atoms with Crippen LogP contribution in [0.4, 0.5) is 0 Å². The molecule has 0 radical (unpaired) electrons. The van der Waals surface area contributed by atoms with Crippen LogP contribution in [0.25, 0.3) is 82.4 Å². The minimum atomic E-state index is 0.972. The minimum Gasteiger partial charge on any atom is -0.309 e. The highest BCUT2D eigenvalue weighted by Crippen LogP contribution is 2.44. The third kappa shape index (κ3) is 4.26. The molecular weight excluding hydrogens is 575 g/mol. The maximum Gasteiger partial charge on any atom is 0.0541 e. The SMILES string of the molecule is Sc1ccc2c(c1)c1ccccc1n2-c1ccc(-c2c3ccccc3c(-c3ccc(-c4ccccc4)cc3)c3ccccc23)cc1. The molecule has 0 atom stereocenters. The van der Waals surface area contributed by atoms with E-state index in [0.717, 1.165) is 10.6 Å². The van der Waals surface area contributed by atoms with Gasteiger partial charge in [0.05, 0.1) is 11.0 Å². The molecule has 0 saturated heterocycles. The van der Waals surface area contributed by atoms with Crippen molar-refractivity contribution in [3.63, 3.8) is 0 Å². The van der Waals surface area contributed by atoms with Gasteiger partial charge in [-0.05, 0) is 91.3 Å². The average molecular weight is 604 g/mol. The predicted octanol–water partition coefficient (Wildman–Crippen LogP) is 12.4. The molecule has 1 nitrogen and oxygen atoms in total. The fraction of sp³-hybridized carbons (Fsp3) is 0. The Kier molecular flexibility index (Phi) is 6.29. The number of nitrogens with zero attached hydrogens (tertiary/aromatic N) is 1. The molecule has 1 aromatic heterocycles. The Balaban J connectivity index is 1.22. The van der Waals surface area contributed by atoms with Crippen LogP contribution in [0.1, 0.15) is 0 Å². The summed E-state index contributed by atoms with van der Waals surface area (Å²) in [6.07, 6.45) is 0. The van der Waals surface area contributed by atoms with E-state index in [4.69, 9.17) is 0 Å². The normalized spacial score (nSPS) is 11.6. The fourth-order valence-electron chi connectivity index (χ4n) is 7.23. The first-order valence-corrected chi connectivity index (χ1v) is 16.1. The van der Waals surface area contributed by atoms with E-state index in [9.17, 15) is 0 Å². The molecule has 0 N–H and O–H groups in total. The number of fused-ring (bicyclic) bond motifs is 5. The molecule has 216 valence electrons. The fourth-order valence-corrected chi connectivity index (χ4v) is 7.43. The molecule has 1 heterocycles. The lowest BCUT2D eigenvalue weighted by Gasteiger charge is -2.18. The Labute approximate surface area is 273 Å². The van der Waals surface area contributed by atoms with Crippen molar-refractivity contribution >= 4 is 56.0 Å². The van der Waals surface area contributed by atoms with Gasteiger partial charge in [-0.3, -0.25) is 0 Å². The van der Waals surface area contributed by atoms with Crippen LogP contribution in [-0.4, -0.2) is 4.57 Å². The highest BCUT2D eigenvalue weighted by atomic mass is 32.1. The van der Waals surface area contributed by atoms with Crippen molar-refractivity contribution in [2.24, 2.45) is 0 Å². The molecule has 0 saturated carbocycles. The monoisotopic (exact) mass is 603 g/mol. The van der Waals surface area contributed by atoms with Gasteiger partial charge in [-0.15, -0.1) is 12.6 Å². The summed E-state index contributed by atoms with van der Waals surface area (Å²) >= 11 is 4.64. The standard InChI is InChI=1S/C44H29NS/c46-34-26-27-42-40(28-34)35-12-8-9-17-41(35)45(42)33-24-22-32(23-25-33)44-38-15-6-4-13-36(38)43(37-14-5-7-16-39(37)44)31-20-18-30(19-21-31)29-10-2-1-3-11-29/h1-28,46H. The predicted molar refractivity (Wildman–Crippen MR) is 199 cm³/mol. The van der Waals surface area contributed by atoms with Gasteiger partial charge < -0.3 is 4.57 Å². The van der Waals surface area contributed by atoms with E-state index >= 15 is 0 Å². The molecule has 8 aromatic carbocycles. The number of rotatable bonds is 4. The smallest absolute Gasteiger partial charge is 0.0541 e. The van der Waals surface area contributed by atoms with Crippen molar-refractivity contribution in [3.05, 3.63) is 170 Å². The molecular formula is C44H29NS. The lowest BCUT2D eigenvalue weighted by molar-refractivity contribution is 1.18. The van der Waals surface area contributed by atoms with Gasteiger partial charge in [0.2, 0.25) is 0 Å². The Morgan fingerprint density at radius 2 is 0.761 bits per heavy atom. The second-order valence-corrected chi connectivity index (χ2v) is 12.4. The molecule has 0 aliphatic carbocycles. The topological polar surface area (TPSA) is 4.93 Å². The van der Waals surface area contributed by atoms with E-state index in [1.165, 1.54) is 76.7 Å². The van der Waals surface area contributed by atoms with Crippen molar-refractivity contribution in [2.75, 3.05) is 0 Å². The Bertz CT molecular complexity index is 2500. The van der Waals surface area contributed by atoms with E-state index in [0.29, 0.717) is 0 Å². The summed E-state index contributed by atoms with van der Waals surface area (Å²) in [5, 5.41) is 7.50. The molecule has 0 fully saturated rings. The van der Waals surface area contributed by atoms with E-state index in [1.807, 2.05) is 0 Å². The number of para-hydroxylation sites is 1. The number of aromatic nitrogens is 1. The first-order valence-electron chi connectivity index (χ1n) is 15.7. The Morgan fingerprint density at radius 1 is 0.326 bits per heavy atom. The van der Waals surface area contributed by atoms with E-state index in [-0.39, 0.29) is 0 Å². The van der Waals surface area contributed by atoms with Gasteiger partial charge in [0.1, 0.15) is 0 Å². The summed E-state index contributed by atoms with van der Waals surface area (Å²) in [5.41, 5.74) is 11.0. The molecule has 0 spiro atoms. The maximum absolute atomic E-state index is 4.64. The van der Waals surface area contributed by atoms with Crippen molar-refractivity contribution < 1.29 is 0 Å². The molecule has 0 unspecified atom stereocenters. The van der Waals surface area contributed by atoms with Crippen LogP contribution in [0, 0.1) is 0 Å². The van der Waals surface area contributed by atoms with Gasteiger partial charge in [0.15, 0.2) is 0 Å². The van der Waals surface area contributed by atoms with Crippen LogP contribution >= 0.6 is 12.6 Å². The third-order valence-corrected chi connectivity index (χ3v) is 9.56. The minimum absolute atomic E-state index is 0.972.